The predicted molar refractivity (Wildman–Crippen MR) is 125 cm³/mol. The molecule has 3 aromatic rings. The molecule has 6 nitrogen and oxygen atoms in total. The molecule has 0 spiro atoms. The topological polar surface area (TPSA) is 75.2 Å². The number of benzene rings is 2. The van der Waals surface area contributed by atoms with Gasteiger partial charge in [-0.2, -0.15) is 0 Å². The molecule has 6 heteroatoms. The van der Waals surface area contributed by atoms with Gasteiger partial charge in [-0.1, -0.05) is 60.7 Å². The lowest BCUT2D eigenvalue weighted by molar-refractivity contribution is -0.121. The summed E-state index contributed by atoms with van der Waals surface area (Å²) in [5, 5.41) is 3.05. The maximum absolute atomic E-state index is 13.0. The zero-order chi connectivity index (χ0) is 22.8. The number of amides is 2. The van der Waals surface area contributed by atoms with E-state index >= 15 is 0 Å². The van der Waals surface area contributed by atoms with Gasteiger partial charge in [0.25, 0.3) is 5.91 Å². The first-order valence-electron chi connectivity index (χ1n) is 11.0. The molecule has 32 heavy (non-hydrogen) atoms. The first-order chi connectivity index (χ1) is 15.5. The fourth-order valence-electron chi connectivity index (χ4n) is 3.40. The fraction of sp³-hybridized carbons (Fsp3) is 0.308. The van der Waals surface area contributed by atoms with Crippen molar-refractivity contribution in [2.75, 3.05) is 6.54 Å². The van der Waals surface area contributed by atoms with Crippen LogP contribution < -0.4 is 5.32 Å². The second-order valence-corrected chi connectivity index (χ2v) is 8.00. The van der Waals surface area contributed by atoms with E-state index in [1.54, 1.807) is 11.1 Å². The Hall–Kier alpha value is -3.54. The normalized spacial score (nSPS) is 11.6. The summed E-state index contributed by atoms with van der Waals surface area (Å²) in [6.45, 7) is 4.55. The van der Waals surface area contributed by atoms with Gasteiger partial charge in [-0.25, -0.2) is 4.98 Å². The third-order valence-corrected chi connectivity index (χ3v) is 5.23. The van der Waals surface area contributed by atoms with Crippen molar-refractivity contribution in [3.05, 3.63) is 95.6 Å². The number of carbonyl (C=O) groups excluding carboxylic acids is 2. The van der Waals surface area contributed by atoms with E-state index < -0.39 is 0 Å². The zero-order valence-electron chi connectivity index (χ0n) is 18.7. The Morgan fingerprint density at radius 3 is 2.22 bits per heavy atom. The van der Waals surface area contributed by atoms with Gasteiger partial charge in [0, 0.05) is 31.7 Å². The summed E-state index contributed by atoms with van der Waals surface area (Å²) in [7, 11) is 0. The van der Waals surface area contributed by atoms with Crippen LogP contribution in [0.15, 0.2) is 73.1 Å². The molecule has 0 bridgehead atoms. The Balaban J connectivity index is 1.56. The van der Waals surface area contributed by atoms with Crippen LogP contribution in [0.25, 0.3) is 0 Å². The molecule has 0 saturated carbocycles. The molecule has 0 fully saturated rings. The molecule has 1 N–H and O–H groups in total. The van der Waals surface area contributed by atoms with Crippen molar-refractivity contribution in [1.29, 1.82) is 0 Å². The molecule has 0 aliphatic heterocycles. The third kappa shape index (κ3) is 7.30. The average Bonchev–Trinajstić information content (AvgIpc) is 2.82. The largest absolute Gasteiger partial charge is 0.354 e. The molecule has 2 aromatic carbocycles. The van der Waals surface area contributed by atoms with Crippen molar-refractivity contribution < 1.29 is 9.59 Å². The van der Waals surface area contributed by atoms with E-state index in [0.717, 1.165) is 24.1 Å². The average molecular weight is 431 g/mol. The summed E-state index contributed by atoms with van der Waals surface area (Å²) in [4.78, 5) is 35.6. The summed E-state index contributed by atoms with van der Waals surface area (Å²) < 4.78 is 0. The number of rotatable bonds is 10. The van der Waals surface area contributed by atoms with E-state index in [2.05, 4.69) is 27.4 Å². The van der Waals surface area contributed by atoms with Crippen molar-refractivity contribution in [1.82, 2.24) is 20.2 Å². The number of hydrogen-bond donors (Lipinski definition) is 1. The molecule has 1 unspecified atom stereocenters. The highest BCUT2D eigenvalue weighted by Gasteiger charge is 2.19. The highest BCUT2D eigenvalue weighted by atomic mass is 16.2. The van der Waals surface area contributed by atoms with Gasteiger partial charge < -0.3 is 10.2 Å². The quantitative estimate of drug-likeness (QED) is 0.528. The molecular weight excluding hydrogens is 400 g/mol. The number of aryl methyl sites for hydroxylation is 2. The minimum atomic E-state index is -0.230. The fourth-order valence-corrected chi connectivity index (χ4v) is 3.40. The summed E-state index contributed by atoms with van der Waals surface area (Å²) in [6.07, 6.45) is 5.07. The molecule has 0 aliphatic rings. The molecule has 0 saturated heterocycles. The highest BCUT2D eigenvalue weighted by Crippen LogP contribution is 2.10. The van der Waals surface area contributed by atoms with Crippen LogP contribution in [0.5, 0.6) is 0 Å². The first-order valence-corrected chi connectivity index (χ1v) is 11.0. The number of nitrogens with one attached hydrogen (secondary N) is 1. The zero-order valence-corrected chi connectivity index (χ0v) is 18.7. The molecule has 1 aromatic heterocycles. The number of hydrogen-bond acceptors (Lipinski definition) is 4. The van der Waals surface area contributed by atoms with Crippen LogP contribution in [0.1, 0.15) is 47.1 Å². The van der Waals surface area contributed by atoms with Crippen molar-refractivity contribution in [2.24, 2.45) is 0 Å². The Labute approximate surface area is 189 Å². The van der Waals surface area contributed by atoms with Gasteiger partial charge in [-0.05, 0) is 37.8 Å². The maximum Gasteiger partial charge on any atom is 0.274 e. The van der Waals surface area contributed by atoms with Gasteiger partial charge in [0.05, 0.1) is 11.9 Å². The van der Waals surface area contributed by atoms with E-state index in [1.807, 2.05) is 62.4 Å². The standard InChI is InChI=1S/C26H30N4O2/c1-20(13-14-22-9-5-3-6-10-22)29-25(31)15-16-30(19-23-11-7-4-8-12-23)26(32)24-18-27-21(2)17-28-24/h3-12,17-18,20H,13-16,19H2,1-2H3,(H,29,31). The SMILES string of the molecule is Cc1cnc(C(=O)N(CCC(=O)NC(C)CCc2ccccc2)Cc2ccccc2)cn1. The lowest BCUT2D eigenvalue weighted by Gasteiger charge is -2.23. The number of carbonyl (C=O) groups is 2. The van der Waals surface area contributed by atoms with Gasteiger partial charge >= 0.3 is 0 Å². The van der Waals surface area contributed by atoms with Crippen molar-refractivity contribution in [3.8, 4) is 0 Å². The molecule has 0 aliphatic carbocycles. The number of nitrogens with zero attached hydrogens (tertiary/aromatic N) is 3. The Morgan fingerprint density at radius 1 is 0.938 bits per heavy atom. The predicted octanol–water partition coefficient (Wildman–Crippen LogP) is 3.96. The molecule has 3 rings (SSSR count). The second kappa shape index (κ2) is 11.7. The summed E-state index contributed by atoms with van der Waals surface area (Å²) >= 11 is 0. The minimum absolute atomic E-state index is 0.0592. The van der Waals surface area contributed by atoms with Gasteiger partial charge in [0.15, 0.2) is 0 Å². The molecule has 1 atom stereocenters. The minimum Gasteiger partial charge on any atom is -0.354 e. The monoisotopic (exact) mass is 430 g/mol. The van der Waals surface area contributed by atoms with E-state index in [1.165, 1.54) is 11.8 Å². The van der Waals surface area contributed by atoms with E-state index in [9.17, 15) is 9.59 Å². The van der Waals surface area contributed by atoms with Crippen LogP contribution in [0.4, 0.5) is 0 Å². The van der Waals surface area contributed by atoms with Crippen LogP contribution in [-0.4, -0.2) is 39.3 Å². The Kier molecular flexibility index (Phi) is 8.49. The lowest BCUT2D eigenvalue weighted by atomic mass is 10.1. The highest BCUT2D eigenvalue weighted by molar-refractivity contribution is 5.92. The van der Waals surface area contributed by atoms with E-state index in [0.29, 0.717) is 13.1 Å². The Morgan fingerprint density at radius 2 is 1.59 bits per heavy atom. The molecule has 1 heterocycles. The van der Waals surface area contributed by atoms with E-state index in [-0.39, 0.29) is 30.0 Å². The summed E-state index contributed by atoms with van der Waals surface area (Å²) in [6, 6.07) is 20.0. The van der Waals surface area contributed by atoms with Crippen LogP contribution in [0, 0.1) is 6.92 Å². The Bertz CT molecular complexity index is 991. The van der Waals surface area contributed by atoms with E-state index in [4.69, 9.17) is 0 Å². The van der Waals surface area contributed by atoms with Crippen LogP contribution in [0.2, 0.25) is 0 Å². The van der Waals surface area contributed by atoms with Gasteiger partial charge in [-0.15, -0.1) is 0 Å². The molecule has 2 amide bonds. The second-order valence-electron chi connectivity index (χ2n) is 8.00. The van der Waals surface area contributed by atoms with Gasteiger partial charge in [0.2, 0.25) is 5.91 Å². The molecular formula is C26H30N4O2. The smallest absolute Gasteiger partial charge is 0.274 e. The van der Waals surface area contributed by atoms with Crippen molar-refractivity contribution >= 4 is 11.8 Å². The van der Waals surface area contributed by atoms with Crippen LogP contribution in [-0.2, 0) is 17.8 Å². The van der Waals surface area contributed by atoms with Crippen molar-refractivity contribution in [3.63, 3.8) is 0 Å². The first kappa shape index (κ1) is 23.1. The maximum atomic E-state index is 13.0. The summed E-state index contributed by atoms with van der Waals surface area (Å²) in [5.41, 5.74) is 3.29. The molecule has 0 radical (unpaired) electrons. The van der Waals surface area contributed by atoms with Gasteiger partial charge in [-0.3, -0.25) is 14.6 Å². The van der Waals surface area contributed by atoms with Crippen LogP contribution in [0.3, 0.4) is 0 Å². The molecule has 166 valence electrons. The van der Waals surface area contributed by atoms with Crippen molar-refractivity contribution in [2.45, 2.75) is 45.7 Å². The van der Waals surface area contributed by atoms with Gasteiger partial charge in [0.1, 0.15) is 5.69 Å². The lowest BCUT2D eigenvalue weighted by Crippen LogP contribution is -2.38. The number of aromatic nitrogens is 2. The van der Waals surface area contributed by atoms with Crippen LogP contribution >= 0.6 is 0 Å². The third-order valence-electron chi connectivity index (χ3n) is 5.23. The summed E-state index contributed by atoms with van der Waals surface area (Å²) in [5.74, 6) is -0.294.